The van der Waals surface area contributed by atoms with E-state index in [4.69, 9.17) is 15.6 Å². The van der Waals surface area contributed by atoms with Crippen molar-refractivity contribution >= 4 is 44.8 Å². The van der Waals surface area contributed by atoms with Gasteiger partial charge in [-0.1, -0.05) is 0 Å². The molecule has 0 fully saturated rings. The van der Waals surface area contributed by atoms with Gasteiger partial charge in [-0.25, -0.2) is 9.79 Å². The minimum atomic E-state index is -1.03. The van der Waals surface area contributed by atoms with Gasteiger partial charge in [-0.2, -0.15) is 0 Å². The van der Waals surface area contributed by atoms with Gasteiger partial charge in [0.05, 0.1) is 21.3 Å². The van der Waals surface area contributed by atoms with Gasteiger partial charge < -0.3 is 15.6 Å². The minimum absolute atomic E-state index is 0.129. The number of methoxy groups -OCH3 is 1. The molecule has 0 aliphatic rings. The molecule has 7 heteroatoms. The lowest BCUT2D eigenvalue weighted by Crippen LogP contribution is -2.10. The van der Waals surface area contributed by atoms with Crippen molar-refractivity contribution in [2.24, 2.45) is 10.7 Å². The van der Waals surface area contributed by atoms with Gasteiger partial charge in [-0.15, -0.1) is 11.3 Å². The quantitative estimate of drug-likeness (QED) is 0.651. The van der Waals surface area contributed by atoms with Crippen molar-refractivity contribution in [3.63, 3.8) is 0 Å². The lowest BCUT2D eigenvalue weighted by atomic mass is 10.2. The first kappa shape index (κ1) is 14.5. The molecule has 0 saturated heterocycles. The van der Waals surface area contributed by atoms with Crippen molar-refractivity contribution in [1.82, 2.24) is 0 Å². The smallest absolute Gasteiger partial charge is 0.335 e. The number of halogens is 1. The summed E-state index contributed by atoms with van der Waals surface area (Å²) in [5.74, 6) is -0.253. The molecule has 20 heavy (non-hydrogen) atoms. The third-order valence-electron chi connectivity index (χ3n) is 2.49. The number of nitrogens with two attached hydrogens (primary N) is 1. The van der Waals surface area contributed by atoms with Gasteiger partial charge in [0.1, 0.15) is 17.3 Å². The molecule has 2 aromatic rings. The van der Waals surface area contributed by atoms with Crippen LogP contribution in [0.25, 0.3) is 0 Å². The van der Waals surface area contributed by atoms with E-state index in [2.05, 4.69) is 20.9 Å². The Morgan fingerprint density at radius 1 is 1.40 bits per heavy atom. The highest BCUT2D eigenvalue weighted by Crippen LogP contribution is 2.30. The number of amidine groups is 1. The van der Waals surface area contributed by atoms with Crippen LogP contribution >= 0.6 is 27.3 Å². The Labute approximate surface area is 127 Å². The van der Waals surface area contributed by atoms with E-state index in [1.54, 1.807) is 6.07 Å². The summed E-state index contributed by atoms with van der Waals surface area (Å²) in [5, 5.41) is 9.00. The number of nitrogens with zero attached hydrogens (tertiary/aromatic N) is 1. The summed E-state index contributed by atoms with van der Waals surface area (Å²) >= 11 is 4.79. The zero-order chi connectivity index (χ0) is 14.7. The van der Waals surface area contributed by atoms with Crippen LogP contribution in [-0.4, -0.2) is 24.0 Å². The van der Waals surface area contributed by atoms with Gasteiger partial charge in [0, 0.05) is 0 Å². The molecule has 0 atom stereocenters. The lowest BCUT2D eigenvalue weighted by molar-refractivity contribution is 0.0697. The minimum Gasteiger partial charge on any atom is -0.494 e. The van der Waals surface area contributed by atoms with Gasteiger partial charge in [0.25, 0.3) is 0 Å². The predicted octanol–water partition coefficient (Wildman–Crippen LogP) is 3.25. The fourth-order valence-electron chi connectivity index (χ4n) is 1.55. The Kier molecular flexibility index (Phi) is 4.41. The van der Waals surface area contributed by atoms with Crippen LogP contribution in [0.5, 0.6) is 5.75 Å². The SMILES string of the molecule is COc1ccc(C(=O)O)cc1N=C(N)c1ccc(Br)s1. The van der Waals surface area contributed by atoms with Crippen LogP contribution in [0.4, 0.5) is 5.69 Å². The number of aliphatic imine (C=N–C) groups is 1. The molecular weight excluding hydrogens is 344 g/mol. The molecule has 0 amide bonds. The molecule has 2 rings (SSSR count). The van der Waals surface area contributed by atoms with Gasteiger partial charge in [-0.3, -0.25) is 0 Å². The van der Waals surface area contributed by atoms with E-state index in [0.717, 1.165) is 8.66 Å². The summed E-state index contributed by atoms with van der Waals surface area (Å²) < 4.78 is 6.10. The fourth-order valence-corrected chi connectivity index (χ4v) is 2.84. The van der Waals surface area contributed by atoms with E-state index in [-0.39, 0.29) is 5.56 Å². The lowest BCUT2D eigenvalue weighted by Gasteiger charge is -2.06. The Hall–Kier alpha value is -1.86. The third kappa shape index (κ3) is 3.17. The number of ether oxygens (including phenoxy) is 1. The van der Waals surface area contributed by atoms with E-state index in [1.807, 2.05) is 12.1 Å². The highest BCUT2D eigenvalue weighted by Gasteiger charge is 2.10. The molecule has 0 aliphatic carbocycles. The average molecular weight is 355 g/mol. The highest BCUT2D eigenvalue weighted by atomic mass is 79.9. The van der Waals surface area contributed by atoms with Crippen molar-refractivity contribution in [1.29, 1.82) is 0 Å². The number of carbonyl (C=O) groups is 1. The zero-order valence-electron chi connectivity index (χ0n) is 10.5. The molecule has 0 unspecified atom stereocenters. The first-order valence-corrected chi connectivity index (χ1v) is 7.13. The van der Waals surface area contributed by atoms with E-state index < -0.39 is 5.97 Å². The molecule has 0 saturated carbocycles. The normalized spacial score (nSPS) is 11.4. The first-order chi connectivity index (χ1) is 9.51. The van der Waals surface area contributed by atoms with Crippen molar-refractivity contribution in [3.8, 4) is 5.75 Å². The molecule has 0 bridgehead atoms. The van der Waals surface area contributed by atoms with E-state index in [9.17, 15) is 4.79 Å². The molecule has 3 N–H and O–H groups in total. The summed E-state index contributed by atoms with van der Waals surface area (Å²) in [6, 6.07) is 8.14. The number of thiophene rings is 1. The Balaban J connectivity index is 2.45. The van der Waals surface area contributed by atoms with Crippen molar-refractivity contribution in [2.75, 3.05) is 7.11 Å². The van der Waals surface area contributed by atoms with Crippen molar-refractivity contribution < 1.29 is 14.6 Å². The van der Waals surface area contributed by atoms with Crippen LogP contribution in [0.3, 0.4) is 0 Å². The Bertz CT molecular complexity index is 682. The summed E-state index contributed by atoms with van der Waals surface area (Å²) in [7, 11) is 1.49. The Morgan fingerprint density at radius 2 is 2.15 bits per heavy atom. The number of carboxylic acid groups (broad SMARTS) is 1. The van der Waals surface area contributed by atoms with Crippen molar-refractivity contribution in [2.45, 2.75) is 0 Å². The summed E-state index contributed by atoms with van der Waals surface area (Å²) in [5.41, 5.74) is 6.44. The monoisotopic (exact) mass is 354 g/mol. The largest absolute Gasteiger partial charge is 0.494 e. The first-order valence-electron chi connectivity index (χ1n) is 5.52. The molecule has 1 aromatic carbocycles. The van der Waals surface area contributed by atoms with Gasteiger partial charge >= 0.3 is 5.97 Å². The van der Waals surface area contributed by atoms with E-state index in [1.165, 1.54) is 30.6 Å². The Morgan fingerprint density at radius 3 is 2.70 bits per heavy atom. The maximum atomic E-state index is 11.0. The summed E-state index contributed by atoms with van der Waals surface area (Å²) in [4.78, 5) is 16.0. The molecule has 0 radical (unpaired) electrons. The molecule has 1 aromatic heterocycles. The van der Waals surface area contributed by atoms with Crippen LogP contribution < -0.4 is 10.5 Å². The maximum Gasteiger partial charge on any atom is 0.335 e. The molecular formula is C13H11BrN2O3S. The number of aromatic carboxylic acids is 1. The number of benzene rings is 1. The average Bonchev–Trinajstić information content (AvgIpc) is 2.85. The zero-order valence-corrected chi connectivity index (χ0v) is 12.9. The standard InChI is InChI=1S/C13H11BrN2O3S/c1-19-9-3-2-7(13(17)18)6-8(9)16-12(15)10-4-5-11(14)20-10/h2-6H,1H3,(H2,15,16)(H,17,18). The van der Waals surface area contributed by atoms with E-state index in [0.29, 0.717) is 17.3 Å². The van der Waals surface area contributed by atoms with Crippen LogP contribution in [0, 0.1) is 0 Å². The molecule has 5 nitrogen and oxygen atoms in total. The number of rotatable bonds is 4. The van der Waals surface area contributed by atoms with E-state index >= 15 is 0 Å². The third-order valence-corrected chi connectivity index (χ3v) is 4.14. The number of hydrogen-bond acceptors (Lipinski definition) is 4. The number of hydrogen-bond donors (Lipinski definition) is 2. The second-order valence-electron chi connectivity index (χ2n) is 3.79. The van der Waals surface area contributed by atoms with Crippen LogP contribution in [0.1, 0.15) is 15.2 Å². The van der Waals surface area contributed by atoms with Gasteiger partial charge in [-0.05, 0) is 46.3 Å². The van der Waals surface area contributed by atoms with Gasteiger partial charge in [0.15, 0.2) is 0 Å². The summed E-state index contributed by atoms with van der Waals surface area (Å²) in [6.07, 6.45) is 0. The van der Waals surface area contributed by atoms with Crippen LogP contribution in [0.2, 0.25) is 0 Å². The van der Waals surface area contributed by atoms with Gasteiger partial charge in [0.2, 0.25) is 0 Å². The van der Waals surface area contributed by atoms with Crippen molar-refractivity contribution in [3.05, 3.63) is 44.6 Å². The molecule has 0 aliphatic heterocycles. The fraction of sp³-hybridized carbons (Fsp3) is 0.0769. The second-order valence-corrected chi connectivity index (χ2v) is 6.26. The topological polar surface area (TPSA) is 84.9 Å². The van der Waals surface area contributed by atoms with Crippen LogP contribution in [-0.2, 0) is 0 Å². The summed E-state index contributed by atoms with van der Waals surface area (Å²) in [6.45, 7) is 0. The van der Waals surface area contributed by atoms with Crippen LogP contribution in [0.15, 0.2) is 39.1 Å². The number of carboxylic acids is 1. The molecule has 1 heterocycles. The molecule has 104 valence electrons. The maximum absolute atomic E-state index is 11.0. The second kappa shape index (κ2) is 6.06. The predicted molar refractivity (Wildman–Crippen MR) is 82.4 cm³/mol. The molecule has 0 spiro atoms. The highest BCUT2D eigenvalue weighted by molar-refractivity contribution is 9.11.